The van der Waals surface area contributed by atoms with Gasteiger partial charge >= 0.3 is 0 Å². The van der Waals surface area contributed by atoms with Crippen LogP contribution in [0.5, 0.6) is 17.2 Å². The molecule has 0 heterocycles. The van der Waals surface area contributed by atoms with Gasteiger partial charge in [-0.2, -0.15) is 0 Å². The second-order valence-corrected chi connectivity index (χ2v) is 6.96. The molecule has 0 aliphatic heterocycles. The molecule has 0 atom stereocenters. The fourth-order valence-corrected chi connectivity index (χ4v) is 3.22. The molecule has 0 unspecified atom stereocenters. The van der Waals surface area contributed by atoms with Crippen molar-refractivity contribution in [2.75, 3.05) is 20.8 Å². The summed E-state index contributed by atoms with van der Waals surface area (Å²) in [4.78, 5) is 0. The van der Waals surface area contributed by atoms with Gasteiger partial charge in [-0.25, -0.2) is 0 Å². The SMILES string of the molecule is COc1ccccc1CCNCc1cccc(OC)c1OCc1ccc(C)cc1. The molecule has 0 saturated carbocycles. The molecule has 29 heavy (non-hydrogen) atoms. The Labute approximate surface area is 173 Å². The lowest BCUT2D eigenvalue weighted by atomic mass is 10.1. The quantitative estimate of drug-likeness (QED) is 0.498. The smallest absolute Gasteiger partial charge is 0.166 e. The van der Waals surface area contributed by atoms with E-state index in [0.29, 0.717) is 13.2 Å². The summed E-state index contributed by atoms with van der Waals surface area (Å²) in [5.41, 5.74) is 4.66. The van der Waals surface area contributed by atoms with E-state index in [1.54, 1.807) is 14.2 Å². The summed E-state index contributed by atoms with van der Waals surface area (Å²) in [6.45, 7) is 4.14. The number of para-hydroxylation sites is 2. The number of methoxy groups -OCH3 is 2. The van der Waals surface area contributed by atoms with E-state index in [2.05, 4.69) is 48.6 Å². The number of ether oxygens (including phenoxy) is 3. The highest BCUT2D eigenvalue weighted by atomic mass is 16.5. The lowest BCUT2D eigenvalue weighted by Gasteiger charge is -2.16. The highest BCUT2D eigenvalue weighted by molar-refractivity contribution is 5.46. The zero-order valence-corrected chi connectivity index (χ0v) is 17.4. The first kappa shape index (κ1) is 20.7. The Morgan fingerprint density at radius 3 is 2.21 bits per heavy atom. The fourth-order valence-electron chi connectivity index (χ4n) is 3.22. The number of hydrogen-bond acceptors (Lipinski definition) is 4. The van der Waals surface area contributed by atoms with Crippen LogP contribution in [0.25, 0.3) is 0 Å². The molecule has 0 aliphatic carbocycles. The van der Waals surface area contributed by atoms with Crippen LogP contribution in [0.4, 0.5) is 0 Å². The molecule has 0 aliphatic rings. The average molecular weight is 392 g/mol. The number of nitrogens with one attached hydrogen (secondary N) is 1. The minimum atomic E-state index is 0.509. The van der Waals surface area contributed by atoms with E-state index in [0.717, 1.165) is 41.3 Å². The average Bonchev–Trinajstić information content (AvgIpc) is 2.76. The largest absolute Gasteiger partial charge is 0.496 e. The predicted molar refractivity (Wildman–Crippen MR) is 117 cm³/mol. The third-order valence-electron chi connectivity index (χ3n) is 4.86. The molecular formula is C25H29NO3. The lowest BCUT2D eigenvalue weighted by Crippen LogP contribution is -2.17. The molecular weight excluding hydrogens is 362 g/mol. The van der Waals surface area contributed by atoms with Gasteiger partial charge in [-0.15, -0.1) is 0 Å². The number of benzene rings is 3. The molecule has 0 fully saturated rings. The molecule has 0 radical (unpaired) electrons. The van der Waals surface area contributed by atoms with Crippen LogP contribution >= 0.6 is 0 Å². The number of aryl methyl sites for hydroxylation is 1. The molecule has 3 aromatic carbocycles. The van der Waals surface area contributed by atoms with E-state index >= 15 is 0 Å². The summed E-state index contributed by atoms with van der Waals surface area (Å²) in [6.07, 6.45) is 0.896. The van der Waals surface area contributed by atoms with Crippen LogP contribution in [-0.2, 0) is 19.6 Å². The molecule has 1 N–H and O–H groups in total. The zero-order valence-electron chi connectivity index (χ0n) is 17.4. The van der Waals surface area contributed by atoms with Gasteiger partial charge in [0, 0.05) is 12.1 Å². The maximum atomic E-state index is 6.15. The zero-order chi connectivity index (χ0) is 20.5. The minimum absolute atomic E-state index is 0.509. The Morgan fingerprint density at radius 1 is 0.759 bits per heavy atom. The van der Waals surface area contributed by atoms with Crippen molar-refractivity contribution in [3.8, 4) is 17.2 Å². The van der Waals surface area contributed by atoms with Gasteiger partial charge in [-0.05, 0) is 43.1 Å². The van der Waals surface area contributed by atoms with E-state index < -0.39 is 0 Å². The third-order valence-corrected chi connectivity index (χ3v) is 4.86. The minimum Gasteiger partial charge on any atom is -0.496 e. The molecule has 4 heteroatoms. The van der Waals surface area contributed by atoms with E-state index in [9.17, 15) is 0 Å². The Hall–Kier alpha value is -2.98. The normalized spacial score (nSPS) is 10.6. The Bertz CT molecular complexity index is 906. The monoisotopic (exact) mass is 391 g/mol. The van der Waals surface area contributed by atoms with E-state index in [1.807, 2.05) is 30.3 Å². The van der Waals surface area contributed by atoms with E-state index in [-0.39, 0.29) is 0 Å². The van der Waals surface area contributed by atoms with Crippen LogP contribution in [0.3, 0.4) is 0 Å². The van der Waals surface area contributed by atoms with Gasteiger partial charge in [0.15, 0.2) is 11.5 Å². The van der Waals surface area contributed by atoms with E-state index in [4.69, 9.17) is 14.2 Å². The molecule has 0 spiro atoms. The van der Waals surface area contributed by atoms with E-state index in [1.165, 1.54) is 11.1 Å². The van der Waals surface area contributed by atoms with Crippen LogP contribution < -0.4 is 19.5 Å². The summed E-state index contributed by atoms with van der Waals surface area (Å²) in [7, 11) is 3.38. The van der Waals surface area contributed by atoms with Crippen molar-refractivity contribution in [2.45, 2.75) is 26.5 Å². The standard InChI is InChI=1S/C25H29NO3/c1-19-11-13-20(14-12-19)18-29-25-22(8-6-10-24(25)28-3)17-26-16-15-21-7-4-5-9-23(21)27-2/h4-14,26H,15-18H2,1-3H3. The van der Waals surface area contributed by atoms with Gasteiger partial charge in [0.05, 0.1) is 14.2 Å². The molecule has 0 bridgehead atoms. The van der Waals surface area contributed by atoms with Crippen molar-refractivity contribution in [1.82, 2.24) is 5.32 Å². The maximum absolute atomic E-state index is 6.15. The second-order valence-electron chi connectivity index (χ2n) is 6.96. The Kier molecular flexibility index (Phi) is 7.54. The topological polar surface area (TPSA) is 39.7 Å². The van der Waals surface area contributed by atoms with Crippen molar-refractivity contribution in [1.29, 1.82) is 0 Å². The van der Waals surface area contributed by atoms with Gasteiger partial charge in [0.2, 0.25) is 0 Å². The molecule has 152 valence electrons. The van der Waals surface area contributed by atoms with Gasteiger partial charge in [-0.3, -0.25) is 0 Å². The predicted octanol–water partition coefficient (Wildman–Crippen LogP) is 4.92. The van der Waals surface area contributed by atoms with Crippen LogP contribution in [-0.4, -0.2) is 20.8 Å². The summed E-state index contributed by atoms with van der Waals surface area (Å²) < 4.78 is 17.1. The first-order chi connectivity index (χ1) is 14.2. The first-order valence-electron chi connectivity index (χ1n) is 9.88. The summed E-state index contributed by atoms with van der Waals surface area (Å²) in [5, 5.41) is 3.51. The number of rotatable bonds is 10. The Balaban J connectivity index is 1.61. The highest BCUT2D eigenvalue weighted by Gasteiger charge is 2.11. The van der Waals surface area contributed by atoms with Crippen molar-refractivity contribution >= 4 is 0 Å². The third kappa shape index (κ3) is 5.75. The summed E-state index contributed by atoms with van der Waals surface area (Å²) in [5.74, 6) is 2.47. The van der Waals surface area contributed by atoms with Crippen molar-refractivity contribution in [3.05, 3.63) is 89.0 Å². The van der Waals surface area contributed by atoms with Gasteiger partial charge < -0.3 is 19.5 Å². The van der Waals surface area contributed by atoms with Crippen molar-refractivity contribution in [3.63, 3.8) is 0 Å². The van der Waals surface area contributed by atoms with Crippen LogP contribution in [0, 0.1) is 6.92 Å². The summed E-state index contributed by atoms with van der Waals surface area (Å²) in [6, 6.07) is 22.5. The first-order valence-corrected chi connectivity index (χ1v) is 9.88. The van der Waals surface area contributed by atoms with Crippen molar-refractivity contribution < 1.29 is 14.2 Å². The second kappa shape index (κ2) is 10.5. The highest BCUT2D eigenvalue weighted by Crippen LogP contribution is 2.32. The van der Waals surface area contributed by atoms with Gasteiger partial charge in [0.1, 0.15) is 12.4 Å². The molecule has 3 rings (SSSR count). The van der Waals surface area contributed by atoms with Crippen LogP contribution in [0.1, 0.15) is 22.3 Å². The van der Waals surface area contributed by atoms with Crippen molar-refractivity contribution in [2.24, 2.45) is 0 Å². The molecule has 0 saturated heterocycles. The summed E-state index contributed by atoms with van der Waals surface area (Å²) >= 11 is 0. The lowest BCUT2D eigenvalue weighted by molar-refractivity contribution is 0.280. The van der Waals surface area contributed by atoms with Gasteiger partial charge in [0.25, 0.3) is 0 Å². The molecule has 0 amide bonds. The molecule has 0 aromatic heterocycles. The Morgan fingerprint density at radius 2 is 1.45 bits per heavy atom. The number of hydrogen-bond donors (Lipinski definition) is 1. The molecule has 4 nitrogen and oxygen atoms in total. The van der Waals surface area contributed by atoms with Gasteiger partial charge in [-0.1, -0.05) is 60.2 Å². The molecule has 3 aromatic rings. The van der Waals surface area contributed by atoms with Crippen LogP contribution in [0.2, 0.25) is 0 Å². The fraction of sp³-hybridized carbons (Fsp3) is 0.280. The van der Waals surface area contributed by atoms with Crippen LogP contribution in [0.15, 0.2) is 66.7 Å². The maximum Gasteiger partial charge on any atom is 0.166 e.